The largest absolute Gasteiger partial charge is 0.493 e. The first-order valence-electron chi connectivity index (χ1n) is 4.70. The minimum absolute atomic E-state index is 0.135. The Hall–Kier alpha value is -1.63. The molecule has 0 unspecified atom stereocenters. The molecule has 0 spiro atoms. The van der Waals surface area contributed by atoms with E-state index in [-0.39, 0.29) is 11.3 Å². The third-order valence-electron chi connectivity index (χ3n) is 1.95. The molecular weight excluding hydrogens is 294 g/mol. The van der Waals surface area contributed by atoms with Crippen LogP contribution < -0.4 is 4.74 Å². The summed E-state index contributed by atoms with van der Waals surface area (Å²) >= 11 is 3.14. The average molecular weight is 304 g/mol. The van der Waals surface area contributed by atoms with Crippen LogP contribution in [0.2, 0.25) is 0 Å². The van der Waals surface area contributed by atoms with Gasteiger partial charge in [-0.3, -0.25) is 10.1 Å². The standard InChI is InChI=1S/C10H10BrNO5/c1-3-17-9-4-6(10(13)16-2)8(12(14)15)5-7(9)11/h4-5H,3H2,1-2H3. The second-order valence-corrected chi connectivity index (χ2v) is 3.84. The molecule has 6 nitrogen and oxygen atoms in total. The van der Waals surface area contributed by atoms with Gasteiger partial charge in [0.15, 0.2) is 0 Å². The number of nitrogens with zero attached hydrogens (tertiary/aromatic N) is 1. The van der Waals surface area contributed by atoms with Crippen LogP contribution in [-0.4, -0.2) is 24.6 Å². The molecule has 0 aliphatic heterocycles. The fraction of sp³-hybridized carbons (Fsp3) is 0.300. The van der Waals surface area contributed by atoms with Crippen molar-refractivity contribution < 1.29 is 19.2 Å². The topological polar surface area (TPSA) is 78.7 Å². The lowest BCUT2D eigenvalue weighted by atomic mass is 10.1. The number of carbonyl (C=O) groups is 1. The monoisotopic (exact) mass is 303 g/mol. The van der Waals surface area contributed by atoms with Crippen LogP contribution in [0.4, 0.5) is 5.69 Å². The van der Waals surface area contributed by atoms with Gasteiger partial charge in [-0.25, -0.2) is 4.79 Å². The van der Waals surface area contributed by atoms with Gasteiger partial charge in [-0.2, -0.15) is 0 Å². The normalized spacial score (nSPS) is 9.82. The zero-order valence-electron chi connectivity index (χ0n) is 9.23. The van der Waals surface area contributed by atoms with Crippen molar-refractivity contribution in [3.8, 4) is 5.75 Å². The van der Waals surface area contributed by atoms with Gasteiger partial charge in [0.2, 0.25) is 0 Å². The Morgan fingerprint density at radius 1 is 1.53 bits per heavy atom. The molecule has 0 saturated heterocycles. The molecule has 17 heavy (non-hydrogen) atoms. The summed E-state index contributed by atoms with van der Waals surface area (Å²) in [5, 5.41) is 10.8. The molecule has 0 aliphatic carbocycles. The van der Waals surface area contributed by atoms with Crippen molar-refractivity contribution in [2.75, 3.05) is 13.7 Å². The molecule has 0 fully saturated rings. The van der Waals surface area contributed by atoms with Crippen LogP contribution in [0.3, 0.4) is 0 Å². The Morgan fingerprint density at radius 3 is 2.65 bits per heavy atom. The minimum Gasteiger partial charge on any atom is -0.493 e. The van der Waals surface area contributed by atoms with E-state index in [1.165, 1.54) is 12.1 Å². The predicted octanol–water partition coefficient (Wildman–Crippen LogP) is 2.54. The van der Waals surface area contributed by atoms with Crippen LogP contribution in [-0.2, 0) is 4.74 Å². The summed E-state index contributed by atoms with van der Waals surface area (Å²) in [6.07, 6.45) is 0. The molecular formula is C10H10BrNO5. The quantitative estimate of drug-likeness (QED) is 0.485. The number of benzene rings is 1. The summed E-state index contributed by atoms with van der Waals surface area (Å²) in [7, 11) is 1.16. The van der Waals surface area contributed by atoms with Crippen molar-refractivity contribution >= 4 is 27.6 Å². The first kappa shape index (κ1) is 13.4. The van der Waals surface area contributed by atoms with Crippen LogP contribution in [0.25, 0.3) is 0 Å². The van der Waals surface area contributed by atoms with Crippen molar-refractivity contribution in [3.63, 3.8) is 0 Å². The third-order valence-corrected chi connectivity index (χ3v) is 2.57. The molecule has 0 atom stereocenters. The van der Waals surface area contributed by atoms with Gasteiger partial charge in [-0.15, -0.1) is 0 Å². The van der Waals surface area contributed by atoms with E-state index in [9.17, 15) is 14.9 Å². The smallest absolute Gasteiger partial charge is 0.345 e. The number of nitro groups is 1. The highest BCUT2D eigenvalue weighted by Gasteiger charge is 2.23. The molecule has 0 saturated carbocycles. The molecule has 0 aliphatic rings. The first-order valence-corrected chi connectivity index (χ1v) is 5.49. The Kier molecular flexibility index (Phi) is 4.45. The minimum atomic E-state index is -0.773. The molecule has 1 aromatic carbocycles. The van der Waals surface area contributed by atoms with E-state index in [0.29, 0.717) is 16.8 Å². The summed E-state index contributed by atoms with van der Waals surface area (Å²) < 4.78 is 10.1. The van der Waals surface area contributed by atoms with E-state index < -0.39 is 10.9 Å². The van der Waals surface area contributed by atoms with Gasteiger partial charge in [-0.05, 0) is 22.9 Å². The van der Waals surface area contributed by atoms with Gasteiger partial charge >= 0.3 is 5.97 Å². The lowest BCUT2D eigenvalue weighted by Crippen LogP contribution is -2.07. The Balaban J connectivity index is 3.36. The molecule has 0 bridgehead atoms. The van der Waals surface area contributed by atoms with Gasteiger partial charge in [-0.1, -0.05) is 0 Å². The van der Waals surface area contributed by atoms with Crippen LogP contribution in [0, 0.1) is 10.1 Å². The maximum absolute atomic E-state index is 11.4. The summed E-state index contributed by atoms with van der Waals surface area (Å²) in [4.78, 5) is 21.6. The van der Waals surface area contributed by atoms with Gasteiger partial charge in [0, 0.05) is 12.1 Å². The van der Waals surface area contributed by atoms with E-state index in [0.717, 1.165) is 7.11 Å². The Labute approximate surface area is 106 Å². The van der Waals surface area contributed by atoms with Gasteiger partial charge in [0.05, 0.1) is 23.1 Å². The van der Waals surface area contributed by atoms with Crippen molar-refractivity contribution in [2.45, 2.75) is 6.92 Å². The number of carbonyl (C=O) groups excluding carboxylic acids is 1. The molecule has 1 aromatic rings. The zero-order chi connectivity index (χ0) is 13.0. The van der Waals surface area contributed by atoms with E-state index in [1.807, 2.05) is 0 Å². The molecule has 92 valence electrons. The summed E-state index contributed by atoms with van der Waals surface area (Å²) in [5.74, 6) is -0.413. The maximum Gasteiger partial charge on any atom is 0.345 e. The number of halogens is 1. The van der Waals surface area contributed by atoms with Crippen LogP contribution in [0.5, 0.6) is 5.75 Å². The Bertz CT molecular complexity index is 460. The molecule has 1 rings (SSSR count). The fourth-order valence-corrected chi connectivity index (χ4v) is 1.68. The zero-order valence-corrected chi connectivity index (χ0v) is 10.8. The van der Waals surface area contributed by atoms with Crippen molar-refractivity contribution in [1.29, 1.82) is 0 Å². The van der Waals surface area contributed by atoms with Crippen molar-refractivity contribution in [2.24, 2.45) is 0 Å². The number of hydrogen-bond acceptors (Lipinski definition) is 5. The lowest BCUT2D eigenvalue weighted by molar-refractivity contribution is -0.385. The highest BCUT2D eigenvalue weighted by Crippen LogP contribution is 2.33. The number of nitro benzene ring substituents is 1. The van der Waals surface area contributed by atoms with E-state index in [2.05, 4.69) is 20.7 Å². The summed E-state index contributed by atoms with van der Waals surface area (Å²) in [5.41, 5.74) is -0.462. The summed E-state index contributed by atoms with van der Waals surface area (Å²) in [6, 6.07) is 2.51. The van der Waals surface area contributed by atoms with Crippen LogP contribution >= 0.6 is 15.9 Å². The summed E-state index contributed by atoms with van der Waals surface area (Å²) in [6.45, 7) is 2.16. The van der Waals surface area contributed by atoms with E-state index in [1.54, 1.807) is 6.92 Å². The second kappa shape index (κ2) is 5.62. The fourth-order valence-electron chi connectivity index (χ4n) is 1.23. The molecule has 0 N–H and O–H groups in total. The van der Waals surface area contributed by atoms with E-state index >= 15 is 0 Å². The molecule has 0 amide bonds. The average Bonchev–Trinajstić information content (AvgIpc) is 2.30. The second-order valence-electron chi connectivity index (χ2n) is 2.98. The predicted molar refractivity (Wildman–Crippen MR) is 63.3 cm³/mol. The van der Waals surface area contributed by atoms with Crippen molar-refractivity contribution in [1.82, 2.24) is 0 Å². The number of rotatable bonds is 4. The van der Waals surface area contributed by atoms with Gasteiger partial charge in [0.1, 0.15) is 11.3 Å². The molecule has 0 heterocycles. The van der Waals surface area contributed by atoms with Crippen molar-refractivity contribution in [3.05, 3.63) is 32.3 Å². The van der Waals surface area contributed by atoms with Gasteiger partial charge in [0.25, 0.3) is 5.69 Å². The maximum atomic E-state index is 11.4. The van der Waals surface area contributed by atoms with Gasteiger partial charge < -0.3 is 9.47 Å². The number of hydrogen-bond donors (Lipinski definition) is 0. The van der Waals surface area contributed by atoms with Crippen LogP contribution in [0.1, 0.15) is 17.3 Å². The highest BCUT2D eigenvalue weighted by atomic mass is 79.9. The lowest BCUT2D eigenvalue weighted by Gasteiger charge is -2.08. The molecule has 0 aromatic heterocycles. The van der Waals surface area contributed by atoms with Crippen LogP contribution in [0.15, 0.2) is 16.6 Å². The molecule has 0 radical (unpaired) electrons. The SMILES string of the molecule is CCOc1cc(C(=O)OC)c([N+](=O)[O-])cc1Br. The Morgan fingerprint density at radius 2 is 2.18 bits per heavy atom. The third kappa shape index (κ3) is 2.94. The highest BCUT2D eigenvalue weighted by molar-refractivity contribution is 9.10. The number of ether oxygens (including phenoxy) is 2. The number of methoxy groups -OCH3 is 1. The first-order chi connectivity index (χ1) is 8.01. The molecule has 7 heteroatoms. The number of esters is 1. The van der Waals surface area contributed by atoms with E-state index in [4.69, 9.17) is 4.74 Å².